The molecule has 0 fully saturated rings. The zero-order valence-corrected chi connectivity index (χ0v) is 36.2. The fourth-order valence-corrected chi connectivity index (χ4v) is 7.78. The minimum atomic E-state index is -4.85. The second-order valence-corrected chi connectivity index (χ2v) is 15.5. The van der Waals surface area contributed by atoms with Crippen molar-refractivity contribution in [1.29, 1.82) is 0 Å². The van der Waals surface area contributed by atoms with Crippen LogP contribution in [0.3, 0.4) is 0 Å². The van der Waals surface area contributed by atoms with Crippen LogP contribution in [0.25, 0.3) is 0 Å². The first kappa shape index (κ1) is 47.5. The minimum Gasteiger partial charge on any atom is -0.465 e. The van der Waals surface area contributed by atoms with E-state index in [2.05, 4.69) is 26.2 Å². The van der Waals surface area contributed by atoms with E-state index in [0.29, 0.717) is 22.0 Å². The first-order chi connectivity index (χ1) is 28.6. The van der Waals surface area contributed by atoms with E-state index in [1.807, 2.05) is 0 Å². The molecule has 0 amide bonds. The fourth-order valence-electron chi connectivity index (χ4n) is 6.27. The van der Waals surface area contributed by atoms with Crippen LogP contribution >= 0.6 is 62.3 Å². The topological polar surface area (TPSA) is 122 Å². The Hall–Kier alpha value is -4.55. The summed E-state index contributed by atoms with van der Waals surface area (Å²) < 4.78 is 99.0. The molecule has 61 heavy (non-hydrogen) atoms. The van der Waals surface area contributed by atoms with Crippen molar-refractivity contribution in [1.82, 2.24) is 0 Å². The minimum absolute atomic E-state index is 0.0132. The quantitative estimate of drug-likeness (QED) is 0.0703. The summed E-state index contributed by atoms with van der Waals surface area (Å²) in [5, 5.41) is 7.82. The van der Waals surface area contributed by atoms with Crippen LogP contribution in [0.1, 0.15) is 73.9 Å². The average Bonchev–Trinajstić information content (AvgIpc) is 3.87. The van der Waals surface area contributed by atoms with E-state index < -0.39 is 54.3 Å². The molecule has 0 aromatic heterocycles. The lowest BCUT2D eigenvalue weighted by atomic mass is 9.86. The van der Waals surface area contributed by atoms with Gasteiger partial charge in [-0.1, -0.05) is 84.8 Å². The maximum atomic E-state index is 14.2. The highest BCUT2D eigenvalue weighted by atomic mass is 79.9. The summed E-state index contributed by atoms with van der Waals surface area (Å²) in [5.74, 6) is -1.84. The van der Waals surface area contributed by atoms with Crippen LogP contribution in [0.2, 0.25) is 20.1 Å². The Labute approximate surface area is 371 Å². The molecule has 324 valence electrons. The lowest BCUT2D eigenvalue weighted by molar-refractivity contribution is -0.276. The number of hydrogen-bond acceptors (Lipinski definition) is 10. The van der Waals surface area contributed by atoms with Gasteiger partial charge in [-0.15, -0.1) is 0 Å². The van der Waals surface area contributed by atoms with Crippen molar-refractivity contribution in [3.8, 4) is 0 Å². The van der Waals surface area contributed by atoms with Gasteiger partial charge in [-0.05, 0) is 77.4 Å². The molecule has 4 aromatic rings. The number of nitrogens with zero attached hydrogens (tertiary/aromatic N) is 2. The smallest absolute Gasteiger partial charge is 0.435 e. The molecule has 2 aliphatic rings. The number of alkyl halides is 7. The van der Waals surface area contributed by atoms with Crippen molar-refractivity contribution in [2.75, 3.05) is 14.2 Å². The van der Waals surface area contributed by atoms with Gasteiger partial charge in [-0.25, -0.2) is 9.59 Å². The molecule has 2 heterocycles. The van der Waals surface area contributed by atoms with Crippen LogP contribution in [0.15, 0.2) is 83.1 Å². The summed E-state index contributed by atoms with van der Waals surface area (Å²) in [7, 11) is 2.42. The van der Waals surface area contributed by atoms with Crippen molar-refractivity contribution in [2.45, 2.75) is 55.3 Å². The average molecular weight is 1000 g/mol. The Morgan fingerprint density at radius 2 is 1.03 bits per heavy atom. The lowest BCUT2D eigenvalue weighted by Gasteiger charge is -2.29. The first-order valence-electron chi connectivity index (χ1n) is 17.3. The van der Waals surface area contributed by atoms with Crippen molar-refractivity contribution < 1.29 is 64.6 Å². The summed E-state index contributed by atoms with van der Waals surface area (Å²) in [6.45, 7) is 0.903. The largest absolute Gasteiger partial charge is 0.465 e. The SMILES string of the molecule is COC(=O)c1ccc(C2=NOC(c3cc(Cl)cc(Cl)c3)(C(F)(F)F)C2)cc1CBr.COC(=O)c1ccc(C2=NOC(c3cc(Cl)cc(Cl)c3)(C(F)(F)F)C2)cc1COC(C)=O. The number of methoxy groups -OCH3 is 2. The molecule has 0 bridgehead atoms. The van der Waals surface area contributed by atoms with Gasteiger partial charge < -0.3 is 23.9 Å². The van der Waals surface area contributed by atoms with E-state index in [1.165, 1.54) is 63.6 Å². The van der Waals surface area contributed by atoms with Crippen LogP contribution in [0, 0.1) is 0 Å². The second kappa shape index (κ2) is 18.8. The number of ether oxygens (including phenoxy) is 3. The fraction of sp³-hybridized carbons (Fsp3) is 0.275. The molecule has 0 radical (unpaired) electrons. The highest BCUT2D eigenvalue weighted by Crippen LogP contribution is 2.51. The molecule has 0 N–H and O–H groups in total. The van der Waals surface area contributed by atoms with E-state index in [0.717, 1.165) is 24.3 Å². The maximum absolute atomic E-state index is 14.2. The normalized spacial score (nSPS) is 18.5. The number of halogens is 11. The summed E-state index contributed by atoms with van der Waals surface area (Å²) in [4.78, 5) is 45.0. The van der Waals surface area contributed by atoms with E-state index in [-0.39, 0.29) is 65.9 Å². The third-order valence-corrected chi connectivity index (χ3v) is 10.8. The Bertz CT molecular complexity index is 2390. The molecule has 4 aromatic carbocycles. The third kappa shape index (κ3) is 10.2. The van der Waals surface area contributed by atoms with Gasteiger partial charge in [-0.2, -0.15) is 26.3 Å². The van der Waals surface area contributed by atoms with Gasteiger partial charge in [0.2, 0.25) is 0 Å². The van der Waals surface area contributed by atoms with Crippen molar-refractivity contribution >= 4 is 91.7 Å². The Morgan fingerprint density at radius 1 is 0.656 bits per heavy atom. The maximum Gasteiger partial charge on any atom is 0.435 e. The van der Waals surface area contributed by atoms with Gasteiger partial charge in [0.25, 0.3) is 11.2 Å². The first-order valence-corrected chi connectivity index (χ1v) is 19.9. The van der Waals surface area contributed by atoms with Gasteiger partial charge in [0.15, 0.2) is 0 Å². The predicted molar refractivity (Wildman–Crippen MR) is 217 cm³/mol. The molecule has 6 rings (SSSR count). The number of carbonyl (C=O) groups excluding carboxylic acids is 3. The summed E-state index contributed by atoms with van der Waals surface area (Å²) in [6, 6.07) is 15.9. The predicted octanol–water partition coefficient (Wildman–Crippen LogP) is 11.7. The summed E-state index contributed by atoms with van der Waals surface area (Å²) >= 11 is 26.9. The molecule has 10 nitrogen and oxygen atoms in total. The Morgan fingerprint density at radius 3 is 1.38 bits per heavy atom. The van der Waals surface area contributed by atoms with Gasteiger partial charge in [-0.3, -0.25) is 4.79 Å². The number of carbonyl (C=O) groups is 3. The van der Waals surface area contributed by atoms with E-state index >= 15 is 0 Å². The number of oxime groups is 2. The Balaban J connectivity index is 0.000000232. The zero-order valence-electron chi connectivity index (χ0n) is 31.6. The molecular weight excluding hydrogens is 972 g/mol. The van der Waals surface area contributed by atoms with Crippen LogP contribution < -0.4 is 0 Å². The third-order valence-electron chi connectivity index (χ3n) is 9.29. The van der Waals surface area contributed by atoms with E-state index in [1.54, 1.807) is 6.07 Å². The van der Waals surface area contributed by atoms with Crippen molar-refractivity contribution in [3.63, 3.8) is 0 Å². The molecular formula is C40H29BrCl4F6N2O8. The lowest BCUT2D eigenvalue weighted by Crippen LogP contribution is -2.42. The van der Waals surface area contributed by atoms with Gasteiger partial charge >= 0.3 is 30.3 Å². The number of hydrogen-bond donors (Lipinski definition) is 0. The molecule has 2 unspecified atom stereocenters. The number of esters is 3. The monoisotopic (exact) mass is 998 g/mol. The molecule has 0 saturated carbocycles. The van der Waals surface area contributed by atoms with E-state index in [4.69, 9.17) is 70.3 Å². The van der Waals surface area contributed by atoms with Crippen LogP contribution in [-0.4, -0.2) is 55.9 Å². The molecule has 0 saturated heterocycles. The number of benzene rings is 4. The zero-order chi connectivity index (χ0) is 45.1. The molecule has 2 aliphatic heterocycles. The standard InChI is InChI=1S/C21H16Cl2F3NO5.C19H13BrCl2F3NO3/c1-11(28)31-10-13-5-12(3-4-17(13)19(29)30-2)18-9-20(32-27-18,21(24,25)26)14-6-15(22)8-16(23)7-14;1-28-17(27)15-3-2-10(4-11(15)9-20)16-8-18(29-26-16,19(23,24)25)12-5-13(21)7-14(22)6-12/h3-8H,9-10H2,1-2H3;2-7H,8-9H2,1H3. The summed E-state index contributed by atoms with van der Waals surface area (Å²) in [5.41, 5.74) is -4.17. The van der Waals surface area contributed by atoms with Crippen LogP contribution in [-0.2, 0) is 51.8 Å². The van der Waals surface area contributed by atoms with E-state index in [9.17, 15) is 40.7 Å². The summed E-state index contributed by atoms with van der Waals surface area (Å²) in [6.07, 6.45) is -10.9. The van der Waals surface area contributed by atoms with Crippen molar-refractivity contribution in [3.05, 3.63) is 137 Å². The van der Waals surface area contributed by atoms with Gasteiger partial charge in [0.1, 0.15) is 6.61 Å². The van der Waals surface area contributed by atoms with Crippen LogP contribution in [0.4, 0.5) is 26.3 Å². The molecule has 2 atom stereocenters. The molecule has 21 heteroatoms. The van der Waals surface area contributed by atoms with Crippen molar-refractivity contribution in [2.24, 2.45) is 10.3 Å². The highest BCUT2D eigenvalue weighted by Gasteiger charge is 2.63. The second-order valence-electron chi connectivity index (χ2n) is 13.2. The van der Waals surface area contributed by atoms with Gasteiger partial charge in [0, 0.05) is 61.9 Å². The molecule has 0 aliphatic carbocycles. The Kier molecular flexibility index (Phi) is 14.7. The number of rotatable bonds is 9. The van der Waals surface area contributed by atoms with Gasteiger partial charge in [0.05, 0.1) is 36.8 Å². The highest BCUT2D eigenvalue weighted by molar-refractivity contribution is 9.08. The molecule has 0 spiro atoms. The van der Waals surface area contributed by atoms with Crippen LogP contribution in [0.5, 0.6) is 0 Å².